The van der Waals surface area contributed by atoms with Crippen LogP contribution in [0.1, 0.15) is 49.8 Å². The number of aliphatic hydroxyl groups is 1. The highest BCUT2D eigenvalue weighted by molar-refractivity contribution is 5.18. The molecule has 4 aliphatic rings. The Morgan fingerprint density at radius 1 is 1.22 bits per heavy atom. The molecule has 5 rings (SSSR count). The number of rotatable bonds is 5. The summed E-state index contributed by atoms with van der Waals surface area (Å²) in [7, 11) is 0. The van der Waals surface area contributed by atoms with Crippen molar-refractivity contribution >= 4 is 0 Å². The maximum absolute atomic E-state index is 9.70. The van der Waals surface area contributed by atoms with E-state index in [9.17, 15) is 5.11 Å². The maximum Gasteiger partial charge on any atom is 0.224 e. The number of fused-ring (bicyclic) bond motifs is 1. The van der Waals surface area contributed by atoms with Crippen LogP contribution in [-0.2, 0) is 10.2 Å². The highest BCUT2D eigenvalue weighted by Crippen LogP contribution is 2.51. The number of nitrogens with zero attached hydrogens (tertiary/aromatic N) is 3. The van der Waals surface area contributed by atoms with Crippen LogP contribution in [0.2, 0.25) is 0 Å². The lowest BCUT2D eigenvalue weighted by Gasteiger charge is -2.42. The van der Waals surface area contributed by atoms with Crippen molar-refractivity contribution in [2.24, 2.45) is 11.3 Å². The van der Waals surface area contributed by atoms with E-state index < -0.39 is 0 Å². The first kappa shape index (κ1) is 14.4. The fourth-order valence-electron chi connectivity index (χ4n) is 4.89. The molecule has 0 unspecified atom stereocenters. The summed E-state index contributed by atoms with van der Waals surface area (Å²) >= 11 is 0. The average molecular weight is 319 g/mol. The van der Waals surface area contributed by atoms with Gasteiger partial charge in [0.2, 0.25) is 11.8 Å². The molecule has 0 amide bonds. The van der Waals surface area contributed by atoms with Crippen LogP contribution < -0.4 is 0 Å². The Kier molecular flexibility index (Phi) is 3.13. The predicted molar refractivity (Wildman–Crippen MR) is 82.1 cm³/mol. The van der Waals surface area contributed by atoms with E-state index in [0.29, 0.717) is 25.0 Å². The molecule has 1 N–H and O–H groups in total. The molecular formula is C17H25N3O3. The molecule has 1 aromatic rings. The molecule has 0 spiro atoms. The van der Waals surface area contributed by atoms with Gasteiger partial charge in [-0.25, -0.2) is 0 Å². The van der Waals surface area contributed by atoms with E-state index in [4.69, 9.17) is 9.15 Å². The predicted octanol–water partition coefficient (Wildman–Crippen LogP) is 1.31. The maximum atomic E-state index is 9.70. The van der Waals surface area contributed by atoms with Crippen molar-refractivity contribution in [3.8, 4) is 0 Å². The minimum atomic E-state index is -0.0478. The zero-order valence-corrected chi connectivity index (χ0v) is 13.5. The number of hydrogen-bond donors (Lipinski definition) is 1. The van der Waals surface area contributed by atoms with Gasteiger partial charge >= 0.3 is 0 Å². The SMILES string of the molecule is OCC1(CN2C[C@@H]3CCC[C@]3(c3nnc(C4CC4)o3)C2)COC1. The van der Waals surface area contributed by atoms with E-state index in [1.54, 1.807) is 0 Å². The Hall–Kier alpha value is -0.980. The van der Waals surface area contributed by atoms with Crippen molar-refractivity contribution in [1.29, 1.82) is 0 Å². The van der Waals surface area contributed by atoms with Crippen LogP contribution in [-0.4, -0.2) is 59.7 Å². The van der Waals surface area contributed by atoms with Gasteiger partial charge in [0.05, 0.1) is 30.7 Å². The summed E-state index contributed by atoms with van der Waals surface area (Å²) in [6.45, 7) is 4.58. The zero-order chi connectivity index (χ0) is 15.5. The smallest absolute Gasteiger partial charge is 0.224 e. The third kappa shape index (κ3) is 2.18. The fourth-order valence-corrected chi connectivity index (χ4v) is 4.89. The molecule has 2 atom stereocenters. The van der Waals surface area contributed by atoms with Gasteiger partial charge < -0.3 is 19.2 Å². The van der Waals surface area contributed by atoms with Crippen LogP contribution >= 0.6 is 0 Å². The lowest BCUT2D eigenvalue weighted by Crippen LogP contribution is -2.53. The van der Waals surface area contributed by atoms with Crippen LogP contribution in [0, 0.1) is 11.3 Å². The molecule has 2 saturated heterocycles. The van der Waals surface area contributed by atoms with Crippen LogP contribution in [0.25, 0.3) is 0 Å². The second-order valence-electron chi connectivity index (χ2n) is 8.29. The lowest BCUT2D eigenvalue weighted by atomic mass is 9.80. The molecule has 1 aromatic heterocycles. The van der Waals surface area contributed by atoms with Gasteiger partial charge in [-0.05, 0) is 31.6 Å². The number of aliphatic hydroxyl groups excluding tert-OH is 1. The summed E-state index contributed by atoms with van der Waals surface area (Å²) in [4.78, 5) is 2.50. The van der Waals surface area contributed by atoms with E-state index in [1.807, 2.05) is 0 Å². The first-order chi connectivity index (χ1) is 11.2. The van der Waals surface area contributed by atoms with Crippen molar-refractivity contribution in [2.75, 3.05) is 39.5 Å². The summed E-state index contributed by atoms with van der Waals surface area (Å²) in [5.41, 5.74) is 0.00916. The first-order valence-corrected chi connectivity index (χ1v) is 8.98. The second kappa shape index (κ2) is 5.01. The molecule has 2 aliphatic carbocycles. The third-order valence-electron chi connectivity index (χ3n) is 6.45. The van der Waals surface area contributed by atoms with Crippen molar-refractivity contribution in [3.63, 3.8) is 0 Å². The molecule has 126 valence electrons. The van der Waals surface area contributed by atoms with Gasteiger partial charge in [-0.2, -0.15) is 0 Å². The molecule has 2 saturated carbocycles. The van der Waals surface area contributed by atoms with Crippen molar-refractivity contribution in [1.82, 2.24) is 15.1 Å². The average Bonchev–Trinajstić information content (AvgIpc) is 2.95. The summed E-state index contributed by atoms with van der Waals surface area (Å²) < 4.78 is 11.5. The summed E-state index contributed by atoms with van der Waals surface area (Å²) in [6, 6.07) is 0. The molecule has 6 nitrogen and oxygen atoms in total. The minimum Gasteiger partial charge on any atom is -0.424 e. The lowest BCUT2D eigenvalue weighted by molar-refractivity contribution is -0.147. The van der Waals surface area contributed by atoms with E-state index in [2.05, 4.69) is 15.1 Å². The van der Waals surface area contributed by atoms with Gasteiger partial charge in [0.25, 0.3) is 0 Å². The van der Waals surface area contributed by atoms with Gasteiger partial charge in [-0.1, -0.05) is 6.42 Å². The van der Waals surface area contributed by atoms with Gasteiger partial charge in [0.1, 0.15) is 0 Å². The Bertz CT molecular complexity index is 590. The molecule has 0 bridgehead atoms. The minimum absolute atomic E-state index is 0.0478. The first-order valence-electron chi connectivity index (χ1n) is 8.98. The number of likely N-dealkylation sites (tertiary alicyclic amines) is 1. The second-order valence-corrected chi connectivity index (χ2v) is 8.29. The monoisotopic (exact) mass is 319 g/mol. The fraction of sp³-hybridized carbons (Fsp3) is 0.882. The van der Waals surface area contributed by atoms with Crippen LogP contribution in [0.5, 0.6) is 0 Å². The summed E-state index contributed by atoms with van der Waals surface area (Å²) in [5, 5.41) is 18.5. The van der Waals surface area contributed by atoms with Crippen LogP contribution in [0.15, 0.2) is 4.42 Å². The van der Waals surface area contributed by atoms with Gasteiger partial charge in [0, 0.05) is 25.6 Å². The van der Waals surface area contributed by atoms with Crippen LogP contribution in [0.3, 0.4) is 0 Å². The normalized spacial score (nSPS) is 36.1. The highest BCUT2D eigenvalue weighted by atomic mass is 16.5. The molecule has 3 heterocycles. The van der Waals surface area contributed by atoms with E-state index in [1.165, 1.54) is 25.7 Å². The molecular weight excluding hydrogens is 294 g/mol. The Balaban J connectivity index is 1.37. The number of ether oxygens (including phenoxy) is 1. The summed E-state index contributed by atoms with van der Waals surface area (Å²) in [5.74, 6) is 2.88. The molecule has 4 fully saturated rings. The Morgan fingerprint density at radius 2 is 2.09 bits per heavy atom. The standard InChI is InChI=1S/C17H25N3O3/c21-9-16(10-22-11-16)7-20-6-13-2-1-5-17(13,8-20)15-19-18-14(23-15)12-3-4-12/h12-13,21H,1-11H2/t13-,17-/m0/s1. The van der Waals surface area contributed by atoms with Gasteiger partial charge in [-0.15, -0.1) is 10.2 Å². The van der Waals surface area contributed by atoms with E-state index >= 15 is 0 Å². The molecule has 2 aliphatic heterocycles. The van der Waals surface area contributed by atoms with E-state index in [-0.39, 0.29) is 17.4 Å². The van der Waals surface area contributed by atoms with Crippen molar-refractivity contribution < 1.29 is 14.3 Å². The van der Waals surface area contributed by atoms with Gasteiger partial charge in [0.15, 0.2) is 0 Å². The largest absolute Gasteiger partial charge is 0.424 e. The molecule has 0 aromatic carbocycles. The molecule has 23 heavy (non-hydrogen) atoms. The third-order valence-corrected chi connectivity index (χ3v) is 6.45. The Morgan fingerprint density at radius 3 is 2.78 bits per heavy atom. The van der Waals surface area contributed by atoms with E-state index in [0.717, 1.165) is 37.8 Å². The van der Waals surface area contributed by atoms with Gasteiger partial charge in [-0.3, -0.25) is 0 Å². The molecule has 6 heteroatoms. The highest BCUT2D eigenvalue weighted by Gasteiger charge is 2.55. The zero-order valence-electron chi connectivity index (χ0n) is 13.5. The quantitative estimate of drug-likeness (QED) is 0.882. The van der Waals surface area contributed by atoms with Crippen molar-refractivity contribution in [3.05, 3.63) is 11.8 Å². The number of aromatic nitrogens is 2. The topological polar surface area (TPSA) is 71.6 Å². The Labute approximate surface area is 136 Å². The van der Waals surface area contributed by atoms with Crippen LogP contribution in [0.4, 0.5) is 0 Å². The molecule has 0 radical (unpaired) electrons. The number of hydrogen-bond acceptors (Lipinski definition) is 6. The van der Waals surface area contributed by atoms with Crippen molar-refractivity contribution in [2.45, 2.75) is 43.4 Å². The summed E-state index contributed by atoms with van der Waals surface area (Å²) in [6.07, 6.45) is 6.06.